The number of aromatic nitrogens is 1. The highest BCUT2D eigenvalue weighted by molar-refractivity contribution is 6.11. The Labute approximate surface area is 151 Å². The molecule has 0 saturated carbocycles. The summed E-state index contributed by atoms with van der Waals surface area (Å²) < 4.78 is 0. The van der Waals surface area contributed by atoms with Crippen LogP contribution in [0, 0.1) is 23.7 Å². The van der Waals surface area contributed by atoms with Gasteiger partial charge < -0.3 is 9.94 Å². The fourth-order valence-electron chi connectivity index (χ4n) is 2.08. The first kappa shape index (κ1) is 18.5. The maximum atomic E-state index is 11.3. The topological polar surface area (TPSA) is 98.8 Å². The molecule has 0 radical (unpaired) electrons. The first-order valence-corrected chi connectivity index (χ1v) is 7.71. The molecule has 0 aliphatic heterocycles. The van der Waals surface area contributed by atoms with Gasteiger partial charge in [0.1, 0.15) is 11.9 Å². The van der Waals surface area contributed by atoms with Crippen molar-refractivity contribution in [3.8, 4) is 18.4 Å². The second-order valence-corrected chi connectivity index (χ2v) is 5.07. The van der Waals surface area contributed by atoms with Gasteiger partial charge in [-0.1, -0.05) is 41.6 Å². The van der Waals surface area contributed by atoms with Crippen LogP contribution in [-0.4, -0.2) is 28.4 Å². The highest BCUT2D eigenvalue weighted by Crippen LogP contribution is 2.13. The Morgan fingerprint density at radius 1 is 1.27 bits per heavy atom. The lowest BCUT2D eigenvalue weighted by atomic mass is 10.1. The van der Waals surface area contributed by atoms with Crippen LogP contribution in [-0.2, 0) is 11.4 Å². The van der Waals surface area contributed by atoms with Gasteiger partial charge in [-0.2, -0.15) is 5.26 Å². The van der Waals surface area contributed by atoms with Crippen LogP contribution in [0.1, 0.15) is 17.7 Å². The number of oxime groups is 1. The predicted octanol–water partition coefficient (Wildman–Crippen LogP) is 3.03. The Morgan fingerprint density at radius 3 is 2.69 bits per heavy atom. The summed E-state index contributed by atoms with van der Waals surface area (Å²) in [5, 5.41) is 22.3. The molecule has 0 bridgehead atoms. The van der Waals surface area contributed by atoms with E-state index in [1.165, 1.54) is 0 Å². The van der Waals surface area contributed by atoms with Gasteiger partial charge >= 0.3 is 6.09 Å². The minimum absolute atomic E-state index is 0.00550. The molecule has 0 saturated heterocycles. The number of carboxylic acid groups (broad SMARTS) is 1. The molecule has 1 heterocycles. The van der Waals surface area contributed by atoms with Gasteiger partial charge in [0, 0.05) is 18.5 Å². The van der Waals surface area contributed by atoms with Gasteiger partial charge in [-0.3, -0.25) is 4.90 Å². The lowest BCUT2D eigenvalue weighted by Gasteiger charge is -2.17. The van der Waals surface area contributed by atoms with E-state index in [-0.39, 0.29) is 31.1 Å². The van der Waals surface area contributed by atoms with Crippen LogP contribution in [0.2, 0.25) is 0 Å². The number of hydrogen-bond donors (Lipinski definition) is 1. The molecule has 0 spiro atoms. The Balaban J connectivity index is 2.09. The number of pyridine rings is 1. The SMILES string of the molecule is C#CCCN(C(=O)O)c1cccc(CO/N=C(\C#N)c2ccccc2)n1. The van der Waals surface area contributed by atoms with Gasteiger partial charge in [-0.25, -0.2) is 9.78 Å². The third-order valence-electron chi connectivity index (χ3n) is 3.30. The summed E-state index contributed by atoms with van der Waals surface area (Å²) in [4.78, 5) is 21.9. The van der Waals surface area contributed by atoms with Crippen molar-refractivity contribution in [3.05, 3.63) is 59.8 Å². The Kier molecular flexibility index (Phi) is 6.73. The molecule has 0 unspecified atom stereocenters. The molecule has 1 aromatic heterocycles. The molecular formula is C19H16N4O3. The highest BCUT2D eigenvalue weighted by atomic mass is 16.6. The monoisotopic (exact) mass is 348 g/mol. The van der Waals surface area contributed by atoms with Crippen molar-refractivity contribution in [2.75, 3.05) is 11.4 Å². The molecule has 0 fully saturated rings. The van der Waals surface area contributed by atoms with Gasteiger partial charge in [-0.15, -0.1) is 12.3 Å². The van der Waals surface area contributed by atoms with E-state index in [0.717, 1.165) is 4.90 Å². The fraction of sp³-hybridized carbons (Fsp3) is 0.158. The van der Waals surface area contributed by atoms with Gasteiger partial charge in [0.25, 0.3) is 0 Å². The van der Waals surface area contributed by atoms with Crippen LogP contribution in [0.5, 0.6) is 0 Å². The molecule has 1 N–H and O–H groups in total. The number of hydrogen-bond acceptors (Lipinski definition) is 5. The molecular weight excluding hydrogens is 332 g/mol. The fourth-order valence-corrected chi connectivity index (χ4v) is 2.08. The van der Waals surface area contributed by atoms with E-state index >= 15 is 0 Å². The number of amides is 1. The number of nitriles is 1. The third kappa shape index (κ3) is 5.08. The van der Waals surface area contributed by atoms with E-state index in [0.29, 0.717) is 11.3 Å². The summed E-state index contributed by atoms with van der Waals surface area (Å²) in [5.41, 5.74) is 1.26. The second-order valence-electron chi connectivity index (χ2n) is 5.07. The summed E-state index contributed by atoms with van der Waals surface area (Å²) >= 11 is 0. The van der Waals surface area contributed by atoms with E-state index < -0.39 is 6.09 Å². The van der Waals surface area contributed by atoms with E-state index in [2.05, 4.69) is 16.1 Å². The minimum Gasteiger partial charge on any atom is -0.465 e. The maximum Gasteiger partial charge on any atom is 0.413 e. The van der Waals surface area contributed by atoms with Crippen molar-refractivity contribution in [1.29, 1.82) is 5.26 Å². The maximum absolute atomic E-state index is 11.3. The largest absolute Gasteiger partial charge is 0.465 e. The number of carbonyl (C=O) groups is 1. The van der Waals surface area contributed by atoms with Gasteiger partial charge in [-0.05, 0) is 12.1 Å². The predicted molar refractivity (Wildman–Crippen MR) is 96.4 cm³/mol. The zero-order valence-corrected chi connectivity index (χ0v) is 13.9. The Bertz CT molecular complexity index is 866. The molecule has 2 aromatic rings. The summed E-state index contributed by atoms with van der Waals surface area (Å²) in [5.74, 6) is 2.65. The van der Waals surface area contributed by atoms with Crippen LogP contribution in [0.3, 0.4) is 0 Å². The smallest absolute Gasteiger partial charge is 0.413 e. The molecule has 1 amide bonds. The molecule has 7 heteroatoms. The van der Waals surface area contributed by atoms with Crippen molar-refractivity contribution in [1.82, 2.24) is 4.98 Å². The summed E-state index contributed by atoms with van der Waals surface area (Å²) in [6.07, 6.45) is 4.33. The average Bonchev–Trinajstić information content (AvgIpc) is 2.66. The summed E-state index contributed by atoms with van der Waals surface area (Å²) in [7, 11) is 0. The summed E-state index contributed by atoms with van der Waals surface area (Å²) in [6.45, 7) is 0.141. The van der Waals surface area contributed by atoms with E-state index in [4.69, 9.17) is 11.3 Å². The second kappa shape index (κ2) is 9.45. The van der Waals surface area contributed by atoms with Crippen molar-refractivity contribution < 1.29 is 14.7 Å². The van der Waals surface area contributed by atoms with E-state index in [1.807, 2.05) is 12.1 Å². The molecule has 0 aliphatic carbocycles. The average molecular weight is 348 g/mol. The number of anilines is 1. The highest BCUT2D eigenvalue weighted by Gasteiger charge is 2.15. The first-order chi connectivity index (χ1) is 12.7. The minimum atomic E-state index is -1.14. The van der Waals surface area contributed by atoms with Crippen molar-refractivity contribution in [3.63, 3.8) is 0 Å². The standard InChI is InChI=1S/C19H16N4O3/c1-2-3-12-23(19(24)25)18-11-7-10-16(21-18)14-26-22-17(13-20)15-8-5-4-6-9-15/h1,4-11H,3,12,14H2,(H,24,25)/b22-17+. The van der Waals surface area contributed by atoms with Crippen LogP contribution in [0.4, 0.5) is 10.6 Å². The third-order valence-corrected chi connectivity index (χ3v) is 3.30. The van der Waals surface area contributed by atoms with Crippen molar-refractivity contribution >= 4 is 17.6 Å². The number of nitrogens with zero attached hydrogens (tertiary/aromatic N) is 4. The van der Waals surface area contributed by atoms with Gasteiger partial charge in [0.2, 0.25) is 0 Å². The Morgan fingerprint density at radius 2 is 2.04 bits per heavy atom. The quantitative estimate of drug-likeness (QED) is 0.471. The molecule has 0 aliphatic rings. The lowest BCUT2D eigenvalue weighted by Crippen LogP contribution is -2.31. The number of rotatable bonds is 7. The molecule has 26 heavy (non-hydrogen) atoms. The number of benzene rings is 1. The molecule has 2 rings (SSSR count). The van der Waals surface area contributed by atoms with Crippen molar-refractivity contribution in [2.24, 2.45) is 5.16 Å². The molecule has 130 valence electrons. The zero-order valence-electron chi connectivity index (χ0n) is 13.9. The van der Waals surface area contributed by atoms with E-state index in [1.54, 1.807) is 42.5 Å². The Hall–Kier alpha value is -3.84. The van der Waals surface area contributed by atoms with Crippen LogP contribution in [0.15, 0.2) is 53.7 Å². The lowest BCUT2D eigenvalue weighted by molar-refractivity contribution is 0.128. The van der Waals surface area contributed by atoms with E-state index in [9.17, 15) is 15.2 Å². The van der Waals surface area contributed by atoms with Gasteiger partial charge in [0.15, 0.2) is 12.3 Å². The van der Waals surface area contributed by atoms with Crippen LogP contribution >= 0.6 is 0 Å². The normalized spacial score (nSPS) is 10.5. The zero-order chi connectivity index (χ0) is 18.8. The first-order valence-electron chi connectivity index (χ1n) is 7.71. The molecule has 7 nitrogen and oxygen atoms in total. The van der Waals surface area contributed by atoms with Crippen LogP contribution < -0.4 is 4.90 Å². The van der Waals surface area contributed by atoms with Gasteiger partial charge in [0.05, 0.1) is 5.69 Å². The van der Waals surface area contributed by atoms with Crippen LogP contribution in [0.25, 0.3) is 0 Å². The summed E-state index contributed by atoms with van der Waals surface area (Å²) in [6, 6.07) is 15.8. The molecule has 1 aromatic carbocycles. The molecule has 0 atom stereocenters. The number of terminal acetylenes is 1. The van der Waals surface area contributed by atoms with Crippen molar-refractivity contribution in [2.45, 2.75) is 13.0 Å².